The summed E-state index contributed by atoms with van der Waals surface area (Å²) in [5, 5.41) is 18.0. The summed E-state index contributed by atoms with van der Waals surface area (Å²) in [5.41, 5.74) is 7.24. The molecule has 6 rings (SSSR count). The molecule has 3 N–H and O–H groups in total. The molecule has 1 aromatic carbocycles. The van der Waals surface area contributed by atoms with Gasteiger partial charge in [-0.15, -0.1) is 0 Å². The smallest absolute Gasteiger partial charge is 0.254 e. The molecule has 3 heterocycles. The molecule has 1 amide bonds. The predicted molar refractivity (Wildman–Crippen MR) is 181 cm³/mol. The Morgan fingerprint density at radius 3 is 2.57 bits per heavy atom. The number of hydrogen-bond acceptors (Lipinski definition) is 6. The molecule has 0 bridgehead atoms. The van der Waals surface area contributed by atoms with Crippen LogP contribution in [0.25, 0.3) is 21.9 Å². The topological polar surface area (TPSA) is 96.8 Å². The van der Waals surface area contributed by atoms with Gasteiger partial charge < -0.3 is 16.0 Å². The summed E-state index contributed by atoms with van der Waals surface area (Å²) in [7, 11) is 0. The number of benzene rings is 1. The number of carbonyl (C=O) groups is 1. The molecule has 1 saturated carbocycles. The number of amides is 1. The van der Waals surface area contributed by atoms with E-state index in [0.29, 0.717) is 18.2 Å². The molecule has 1 fully saturated rings. The Kier molecular flexibility index (Phi) is 10.2. The van der Waals surface area contributed by atoms with Gasteiger partial charge in [0, 0.05) is 53.7 Å². The first kappa shape index (κ1) is 30.6. The van der Waals surface area contributed by atoms with Crippen LogP contribution in [0.2, 0.25) is 5.02 Å². The molecule has 2 aliphatic carbocycles. The van der Waals surface area contributed by atoms with Crippen molar-refractivity contribution in [2.75, 3.05) is 23.7 Å². The molecule has 3 aromatic heterocycles. The molecule has 0 spiro atoms. The number of unbranched alkanes of at least 4 members (excludes halogenated alkanes) is 4. The van der Waals surface area contributed by atoms with Gasteiger partial charge in [-0.1, -0.05) is 50.1 Å². The van der Waals surface area contributed by atoms with Crippen LogP contribution in [0.1, 0.15) is 106 Å². The highest BCUT2D eigenvalue weighted by molar-refractivity contribution is 6.31. The molecular weight excluding hydrogens is 570 g/mol. The highest BCUT2D eigenvalue weighted by Gasteiger charge is 2.22. The molecule has 0 aliphatic heterocycles. The normalized spacial score (nSPS) is 15.4. The minimum Gasteiger partial charge on any atom is -0.384 e. The number of hydrogen-bond donors (Lipinski definition) is 3. The SMILES string of the molecule is CCn1ncc2c(NC3CCCCC3)c(C(=O)NCCCCCCCNc3c4c(nc5ccc(Cl)cc35)CCCC4)cnc21. The van der Waals surface area contributed by atoms with Gasteiger partial charge in [0.15, 0.2) is 5.65 Å². The van der Waals surface area contributed by atoms with Crippen LogP contribution < -0.4 is 16.0 Å². The molecule has 234 valence electrons. The van der Waals surface area contributed by atoms with Gasteiger partial charge in [0.05, 0.1) is 28.4 Å². The minimum absolute atomic E-state index is 0.0563. The van der Waals surface area contributed by atoms with Crippen molar-refractivity contribution in [1.29, 1.82) is 0 Å². The summed E-state index contributed by atoms with van der Waals surface area (Å²) < 4.78 is 1.89. The van der Waals surface area contributed by atoms with Crippen molar-refractivity contribution in [1.82, 2.24) is 25.1 Å². The first-order valence-electron chi connectivity index (χ1n) is 16.9. The van der Waals surface area contributed by atoms with Crippen molar-refractivity contribution >= 4 is 50.8 Å². The van der Waals surface area contributed by atoms with Crippen LogP contribution in [0.4, 0.5) is 11.4 Å². The second-order valence-electron chi connectivity index (χ2n) is 12.5. The van der Waals surface area contributed by atoms with E-state index in [9.17, 15) is 4.79 Å². The summed E-state index contributed by atoms with van der Waals surface area (Å²) >= 11 is 6.36. The minimum atomic E-state index is -0.0563. The van der Waals surface area contributed by atoms with Crippen LogP contribution in [-0.2, 0) is 19.4 Å². The van der Waals surface area contributed by atoms with Gasteiger partial charge in [0.1, 0.15) is 0 Å². The number of halogens is 1. The van der Waals surface area contributed by atoms with Gasteiger partial charge in [-0.3, -0.25) is 9.78 Å². The lowest BCUT2D eigenvalue weighted by molar-refractivity contribution is 0.0953. The second kappa shape index (κ2) is 14.6. The predicted octanol–water partition coefficient (Wildman–Crippen LogP) is 8.07. The number of nitrogens with zero attached hydrogens (tertiary/aromatic N) is 4. The molecule has 44 heavy (non-hydrogen) atoms. The van der Waals surface area contributed by atoms with E-state index in [2.05, 4.69) is 39.0 Å². The molecule has 2 aliphatic rings. The van der Waals surface area contributed by atoms with Crippen molar-refractivity contribution in [3.63, 3.8) is 0 Å². The zero-order valence-electron chi connectivity index (χ0n) is 26.1. The molecule has 0 radical (unpaired) electrons. The van der Waals surface area contributed by atoms with E-state index in [-0.39, 0.29) is 5.91 Å². The van der Waals surface area contributed by atoms with E-state index in [1.807, 2.05) is 23.0 Å². The van der Waals surface area contributed by atoms with E-state index in [1.54, 1.807) is 6.20 Å². The quantitative estimate of drug-likeness (QED) is 0.132. The standard InChI is InChI=1S/C35H46ClN7O/c1-2-43-34-28(23-40-43)33(41-25-13-7-6-8-14-25)29(22-39-34)35(44)38-20-12-5-3-4-11-19-37-32-26-15-9-10-16-30(26)42-31-18-17-24(36)21-27(31)32/h17-18,21-23,25H,2-16,19-20H2,1H3,(H,37,42)(H,38,44)(H,39,41). The molecule has 0 unspecified atom stereocenters. The number of aryl methyl sites for hydroxylation is 2. The number of fused-ring (bicyclic) bond motifs is 3. The van der Waals surface area contributed by atoms with Crippen LogP contribution in [0.5, 0.6) is 0 Å². The molecular formula is C35H46ClN7O. The van der Waals surface area contributed by atoms with E-state index < -0.39 is 0 Å². The lowest BCUT2D eigenvalue weighted by Gasteiger charge is -2.25. The first-order valence-corrected chi connectivity index (χ1v) is 17.2. The van der Waals surface area contributed by atoms with E-state index in [1.165, 1.54) is 49.0 Å². The number of carbonyl (C=O) groups excluding carboxylic acids is 1. The molecule has 0 atom stereocenters. The van der Waals surface area contributed by atoms with Crippen molar-refractivity contribution in [2.24, 2.45) is 0 Å². The van der Waals surface area contributed by atoms with Crippen LogP contribution >= 0.6 is 11.6 Å². The highest BCUT2D eigenvalue weighted by Crippen LogP contribution is 2.35. The maximum Gasteiger partial charge on any atom is 0.254 e. The average Bonchev–Trinajstić information content (AvgIpc) is 3.48. The first-order chi connectivity index (χ1) is 21.6. The van der Waals surface area contributed by atoms with Crippen LogP contribution in [-0.4, -0.2) is 44.8 Å². The van der Waals surface area contributed by atoms with E-state index in [4.69, 9.17) is 16.6 Å². The van der Waals surface area contributed by atoms with Crippen LogP contribution in [0.15, 0.2) is 30.6 Å². The molecule has 0 saturated heterocycles. The van der Waals surface area contributed by atoms with Crippen molar-refractivity contribution in [3.8, 4) is 0 Å². The summed E-state index contributed by atoms with van der Waals surface area (Å²) in [6, 6.07) is 6.42. The van der Waals surface area contributed by atoms with Gasteiger partial charge in [0.25, 0.3) is 5.91 Å². The van der Waals surface area contributed by atoms with Gasteiger partial charge in [0.2, 0.25) is 0 Å². The third kappa shape index (κ3) is 6.96. The van der Waals surface area contributed by atoms with Crippen molar-refractivity contribution in [3.05, 3.63) is 52.4 Å². The average molecular weight is 616 g/mol. The number of rotatable bonds is 13. The Bertz CT molecular complexity index is 1590. The number of aromatic nitrogens is 4. The summed E-state index contributed by atoms with van der Waals surface area (Å²) in [5.74, 6) is -0.0563. The summed E-state index contributed by atoms with van der Waals surface area (Å²) in [6.07, 6.45) is 19.7. The zero-order valence-corrected chi connectivity index (χ0v) is 26.8. The second-order valence-corrected chi connectivity index (χ2v) is 12.9. The van der Waals surface area contributed by atoms with E-state index in [0.717, 1.165) is 104 Å². The number of nitrogens with one attached hydrogen (secondary N) is 3. The van der Waals surface area contributed by atoms with Crippen molar-refractivity contribution < 1.29 is 4.79 Å². The Morgan fingerprint density at radius 2 is 1.73 bits per heavy atom. The fourth-order valence-corrected chi connectivity index (χ4v) is 7.10. The van der Waals surface area contributed by atoms with Gasteiger partial charge >= 0.3 is 0 Å². The number of anilines is 2. The molecule has 9 heteroatoms. The van der Waals surface area contributed by atoms with Gasteiger partial charge in [-0.25, -0.2) is 9.67 Å². The molecule has 8 nitrogen and oxygen atoms in total. The Balaban J connectivity index is 0.973. The lowest BCUT2D eigenvalue weighted by Crippen LogP contribution is -2.28. The monoisotopic (exact) mass is 615 g/mol. The zero-order chi connectivity index (χ0) is 30.3. The summed E-state index contributed by atoms with van der Waals surface area (Å²) in [6.45, 7) is 4.42. The van der Waals surface area contributed by atoms with Crippen LogP contribution in [0.3, 0.4) is 0 Å². The Labute approximate surface area is 265 Å². The molecule has 4 aromatic rings. The van der Waals surface area contributed by atoms with Crippen molar-refractivity contribution in [2.45, 2.75) is 109 Å². The fourth-order valence-electron chi connectivity index (χ4n) is 6.93. The number of pyridine rings is 2. The van der Waals surface area contributed by atoms with Gasteiger partial charge in [-0.2, -0.15) is 5.10 Å². The maximum atomic E-state index is 13.3. The Hall–Kier alpha value is -3.39. The summed E-state index contributed by atoms with van der Waals surface area (Å²) in [4.78, 5) is 22.9. The van der Waals surface area contributed by atoms with Crippen LogP contribution in [0, 0.1) is 0 Å². The maximum absolute atomic E-state index is 13.3. The third-order valence-electron chi connectivity index (χ3n) is 9.33. The van der Waals surface area contributed by atoms with E-state index >= 15 is 0 Å². The fraction of sp³-hybridized carbons (Fsp3) is 0.543. The highest BCUT2D eigenvalue weighted by atomic mass is 35.5. The lowest BCUT2D eigenvalue weighted by atomic mass is 9.92. The third-order valence-corrected chi connectivity index (χ3v) is 9.56. The largest absolute Gasteiger partial charge is 0.384 e. The Morgan fingerprint density at radius 1 is 0.932 bits per heavy atom. The van der Waals surface area contributed by atoms with Gasteiger partial charge in [-0.05, 0) is 82.1 Å².